The molecule has 0 radical (unpaired) electrons. The molecule has 10 nitrogen and oxygen atoms in total. The van der Waals surface area contributed by atoms with Gasteiger partial charge in [0.25, 0.3) is 5.56 Å². The SMILES string of the molecule is CC(=O)CC(=O)C(F)(F)F.Cn1c(=O)cc(C(F)(F)F)c2cc3c4c(c21)CCCN4CCC3.Nc1ccc2c3c1CCCN3CCC2.O=c1cc(C(F)(F)F)c2cc3c4c(c2[nH]1)CCCN4CCC3. The fraction of sp³-hybridized carbons (Fsp3) is 0.480. The van der Waals surface area contributed by atoms with E-state index in [2.05, 4.69) is 31.8 Å². The molecule has 0 saturated carbocycles. The van der Waals surface area contributed by atoms with Gasteiger partial charge in [0.15, 0.2) is 0 Å². The van der Waals surface area contributed by atoms with Crippen molar-refractivity contribution in [2.75, 3.05) is 59.7 Å². The van der Waals surface area contributed by atoms with E-state index in [0.29, 0.717) is 23.5 Å². The molecule has 0 atom stereocenters. The Morgan fingerprint density at radius 2 is 1.04 bits per heavy atom. The third-order valence-corrected chi connectivity index (χ3v) is 13.8. The maximum atomic E-state index is 13.4. The first-order valence-electron chi connectivity index (χ1n) is 23.3. The first-order valence-corrected chi connectivity index (χ1v) is 23.3. The Labute approximate surface area is 391 Å². The fourth-order valence-corrected chi connectivity index (χ4v) is 11.0. The van der Waals surface area contributed by atoms with Crippen LogP contribution in [0.2, 0.25) is 0 Å². The van der Waals surface area contributed by atoms with Crippen LogP contribution in [0.25, 0.3) is 21.8 Å². The van der Waals surface area contributed by atoms with Crippen LogP contribution in [0, 0.1) is 0 Å². The number of aromatic nitrogens is 2. The second-order valence-electron chi connectivity index (χ2n) is 18.6. The van der Waals surface area contributed by atoms with Gasteiger partial charge in [0.1, 0.15) is 5.78 Å². The number of nitrogens with zero attached hydrogens (tertiary/aromatic N) is 4. The van der Waals surface area contributed by atoms with Gasteiger partial charge in [0.05, 0.1) is 28.6 Å². The summed E-state index contributed by atoms with van der Waals surface area (Å²) in [6, 6.07) is 8.99. The Morgan fingerprint density at radius 3 is 1.55 bits per heavy atom. The van der Waals surface area contributed by atoms with Crippen LogP contribution in [0.3, 0.4) is 0 Å². The molecule has 0 saturated heterocycles. The van der Waals surface area contributed by atoms with Crippen molar-refractivity contribution in [2.45, 2.75) is 109 Å². The van der Waals surface area contributed by atoms with Crippen molar-refractivity contribution in [3.8, 4) is 0 Å². The lowest BCUT2D eigenvalue weighted by Gasteiger charge is -2.38. The number of fused-ring (bicyclic) bond motifs is 4. The molecule has 11 rings (SSSR count). The number of carbonyl (C=O) groups is 2. The number of hydrogen-bond acceptors (Lipinski definition) is 8. The van der Waals surface area contributed by atoms with E-state index in [1.165, 1.54) is 60.2 Å². The lowest BCUT2D eigenvalue weighted by atomic mass is 9.88. The molecule has 2 aromatic heterocycles. The van der Waals surface area contributed by atoms with Crippen molar-refractivity contribution in [3.05, 3.63) is 102 Å². The van der Waals surface area contributed by atoms with Crippen LogP contribution in [0.4, 0.5) is 62.3 Å². The Morgan fingerprint density at radius 1 is 0.594 bits per heavy atom. The molecule has 5 aromatic rings. The predicted molar refractivity (Wildman–Crippen MR) is 248 cm³/mol. The lowest BCUT2D eigenvalue weighted by molar-refractivity contribution is -0.171. The van der Waals surface area contributed by atoms with Crippen LogP contribution in [0.5, 0.6) is 0 Å². The van der Waals surface area contributed by atoms with Gasteiger partial charge in [-0.3, -0.25) is 19.2 Å². The average Bonchev–Trinajstić information content (AvgIpc) is 3.29. The van der Waals surface area contributed by atoms with Crippen LogP contribution in [0.15, 0.2) is 46.0 Å². The van der Waals surface area contributed by atoms with Gasteiger partial charge >= 0.3 is 18.5 Å². The molecule has 69 heavy (non-hydrogen) atoms. The van der Waals surface area contributed by atoms with Gasteiger partial charge in [-0.05, 0) is 130 Å². The number of rotatable bonds is 2. The summed E-state index contributed by atoms with van der Waals surface area (Å²) in [7, 11) is 1.56. The van der Waals surface area contributed by atoms with Crippen molar-refractivity contribution in [1.82, 2.24) is 9.55 Å². The normalized spacial score (nSPS) is 17.0. The van der Waals surface area contributed by atoms with Gasteiger partial charge < -0.3 is 30.0 Å². The summed E-state index contributed by atoms with van der Waals surface area (Å²) >= 11 is 0. The molecule has 8 heterocycles. The molecule has 3 N–H and O–H groups in total. The number of anilines is 4. The standard InChI is InChI=1S/C17H17F3N2O.C16H15F3N2O.C12H16N2.C5H5F3O2/c1-21-14(23)9-13(17(18,19)20)12-8-10-4-2-6-22-7-3-5-11(15(10)22)16(12)21;17-16(18,19)12-8-13(22)20-14-10-4-2-6-21-5-1-3-9(15(10)21)7-11(12)14;13-11-6-5-9-3-1-7-14-8-2-4-10(11)12(9)14;1-3(9)2-4(10)5(6,7)8/h8-9H,2-7H2,1H3;7-8H,1-6H2,(H,20,22);5-6H,1-4,7-8,13H2;2H2,1H3. The highest BCUT2D eigenvalue weighted by atomic mass is 19.4. The molecule has 3 aromatic carbocycles. The van der Waals surface area contributed by atoms with E-state index in [-0.39, 0.29) is 10.8 Å². The number of nitrogen functional groups attached to an aromatic ring is 1. The maximum absolute atomic E-state index is 13.4. The second kappa shape index (κ2) is 19.1. The Balaban J connectivity index is 0.000000130. The molecule has 6 aliphatic rings. The van der Waals surface area contributed by atoms with E-state index in [4.69, 9.17) is 5.73 Å². The summed E-state index contributed by atoms with van der Waals surface area (Å²) in [5, 5.41) is 0.293. The van der Waals surface area contributed by atoms with Gasteiger partial charge in [0, 0.05) is 97.5 Å². The number of ketones is 2. The fourth-order valence-electron chi connectivity index (χ4n) is 11.0. The van der Waals surface area contributed by atoms with Gasteiger partial charge in [0.2, 0.25) is 11.3 Å². The van der Waals surface area contributed by atoms with Gasteiger partial charge in [-0.15, -0.1) is 0 Å². The average molecular weight is 973 g/mol. The minimum Gasteiger partial charge on any atom is -0.398 e. The molecule has 0 aliphatic carbocycles. The minimum atomic E-state index is -4.87. The van der Waals surface area contributed by atoms with Crippen LogP contribution >= 0.6 is 0 Å². The largest absolute Gasteiger partial charge is 0.450 e. The van der Waals surface area contributed by atoms with Crippen molar-refractivity contribution in [2.24, 2.45) is 7.05 Å². The van der Waals surface area contributed by atoms with Gasteiger partial charge in [-0.2, -0.15) is 39.5 Å². The van der Waals surface area contributed by atoms with E-state index >= 15 is 0 Å². The van der Waals surface area contributed by atoms with E-state index in [9.17, 15) is 58.7 Å². The summed E-state index contributed by atoms with van der Waals surface area (Å²) in [5.74, 6) is -2.76. The van der Waals surface area contributed by atoms with E-state index in [0.717, 1.165) is 123 Å². The number of alkyl halides is 9. The Bertz CT molecular complexity index is 2950. The quantitative estimate of drug-likeness (QED) is 0.102. The monoisotopic (exact) mass is 972 g/mol. The third kappa shape index (κ3) is 10.0. The number of aryl methyl sites for hydroxylation is 6. The summed E-state index contributed by atoms with van der Waals surface area (Å²) in [6.45, 7) is 7.15. The van der Waals surface area contributed by atoms with Crippen LogP contribution < -0.4 is 31.6 Å². The molecular weight excluding hydrogens is 920 g/mol. The van der Waals surface area contributed by atoms with Crippen LogP contribution in [0.1, 0.15) is 96.4 Å². The van der Waals surface area contributed by atoms with Crippen molar-refractivity contribution in [1.29, 1.82) is 0 Å². The maximum Gasteiger partial charge on any atom is 0.450 e. The van der Waals surface area contributed by atoms with Gasteiger partial charge in [-0.25, -0.2) is 0 Å². The number of Topliss-reactive ketones (excluding diaryl/α,β-unsaturated/α-hetero) is 2. The summed E-state index contributed by atoms with van der Waals surface area (Å²) in [5.41, 5.74) is 15.2. The first kappa shape index (κ1) is 49.4. The molecule has 370 valence electrons. The third-order valence-electron chi connectivity index (χ3n) is 13.8. The van der Waals surface area contributed by atoms with Crippen LogP contribution in [-0.4, -0.2) is 66.6 Å². The molecule has 0 bridgehead atoms. The number of nitrogens with two attached hydrogens (primary N) is 1. The number of hydrogen-bond donors (Lipinski definition) is 2. The van der Waals surface area contributed by atoms with Crippen molar-refractivity contribution < 1.29 is 49.1 Å². The highest BCUT2D eigenvalue weighted by Gasteiger charge is 2.39. The van der Waals surface area contributed by atoms with Crippen LogP contribution in [-0.2, 0) is 67.5 Å². The Hall–Kier alpha value is -6.01. The zero-order valence-corrected chi connectivity index (χ0v) is 38.3. The zero-order chi connectivity index (χ0) is 49.7. The highest BCUT2D eigenvalue weighted by molar-refractivity contribution is 6.00. The van der Waals surface area contributed by atoms with Gasteiger partial charge in [-0.1, -0.05) is 6.07 Å². The molecular formula is C50H53F9N6O4. The molecule has 0 spiro atoms. The summed E-state index contributed by atoms with van der Waals surface area (Å²) in [4.78, 5) is 53.4. The number of carbonyl (C=O) groups excluding carboxylic acids is 2. The summed E-state index contributed by atoms with van der Waals surface area (Å²) in [6.07, 6.45) is -3.20. The predicted octanol–water partition coefficient (Wildman–Crippen LogP) is 9.57. The highest BCUT2D eigenvalue weighted by Crippen LogP contribution is 2.45. The topological polar surface area (TPSA) is 125 Å². The summed E-state index contributed by atoms with van der Waals surface area (Å²) < 4.78 is 115. The lowest BCUT2D eigenvalue weighted by Crippen LogP contribution is -2.35. The molecule has 6 aliphatic heterocycles. The zero-order valence-electron chi connectivity index (χ0n) is 38.3. The number of halogens is 9. The smallest absolute Gasteiger partial charge is 0.398 e. The molecule has 19 heteroatoms. The molecule has 0 unspecified atom stereocenters. The van der Waals surface area contributed by atoms with Crippen molar-refractivity contribution >= 4 is 56.1 Å². The number of H-pyrrole nitrogens is 1. The number of benzene rings is 3. The van der Waals surface area contributed by atoms with E-state index in [1.54, 1.807) is 19.2 Å². The molecule has 0 fully saturated rings. The van der Waals surface area contributed by atoms with E-state index in [1.807, 2.05) is 0 Å². The second-order valence-corrected chi connectivity index (χ2v) is 18.6. The number of aromatic amines is 1. The van der Waals surface area contributed by atoms with E-state index < -0.39 is 58.8 Å². The van der Waals surface area contributed by atoms with Crippen molar-refractivity contribution in [3.63, 3.8) is 0 Å². The molecule has 0 amide bonds. The first-order chi connectivity index (χ1) is 32.5. The number of nitrogens with one attached hydrogen (secondary N) is 1. The minimum absolute atomic E-state index is 0.129. The Kier molecular flexibility index (Phi) is 13.6. The number of pyridine rings is 2.